The Morgan fingerprint density at radius 1 is 1.35 bits per heavy atom. The zero-order chi connectivity index (χ0) is 14.8. The molecule has 0 atom stereocenters. The SMILES string of the molecule is CS(=O)(=O)c1ccc(F)c(NC(=O)C2CCNCC2)c1. The molecular weight excluding hydrogens is 283 g/mol. The Labute approximate surface area is 117 Å². The first-order valence-electron chi connectivity index (χ1n) is 6.39. The molecular formula is C13H17FN2O3S. The van der Waals surface area contributed by atoms with Gasteiger partial charge in [-0.1, -0.05) is 0 Å². The Morgan fingerprint density at radius 3 is 2.60 bits per heavy atom. The van der Waals surface area contributed by atoms with Crippen LogP contribution < -0.4 is 10.6 Å². The molecule has 0 bridgehead atoms. The number of piperidine rings is 1. The van der Waals surface area contributed by atoms with Gasteiger partial charge < -0.3 is 10.6 Å². The zero-order valence-corrected chi connectivity index (χ0v) is 12.0. The van der Waals surface area contributed by atoms with E-state index < -0.39 is 15.7 Å². The van der Waals surface area contributed by atoms with E-state index in [1.54, 1.807) is 0 Å². The molecule has 1 aliphatic rings. The summed E-state index contributed by atoms with van der Waals surface area (Å²) in [6.07, 6.45) is 2.43. The van der Waals surface area contributed by atoms with E-state index >= 15 is 0 Å². The largest absolute Gasteiger partial charge is 0.323 e. The fourth-order valence-electron chi connectivity index (χ4n) is 2.15. The zero-order valence-electron chi connectivity index (χ0n) is 11.1. The number of anilines is 1. The molecule has 5 nitrogen and oxygen atoms in total. The number of carbonyl (C=O) groups excluding carboxylic acids is 1. The minimum atomic E-state index is -3.43. The maximum absolute atomic E-state index is 13.7. The van der Waals surface area contributed by atoms with Crippen molar-refractivity contribution in [1.29, 1.82) is 0 Å². The van der Waals surface area contributed by atoms with Gasteiger partial charge in [0.05, 0.1) is 10.6 Å². The standard InChI is InChI=1S/C13H17FN2O3S/c1-20(18,19)10-2-3-11(14)12(8-10)16-13(17)9-4-6-15-7-5-9/h2-3,8-9,15H,4-7H2,1H3,(H,16,17). The number of benzene rings is 1. The average molecular weight is 300 g/mol. The van der Waals surface area contributed by atoms with Crippen LogP contribution in [0.5, 0.6) is 0 Å². The van der Waals surface area contributed by atoms with Gasteiger partial charge in [0.25, 0.3) is 0 Å². The molecule has 0 unspecified atom stereocenters. The molecule has 7 heteroatoms. The Kier molecular flexibility index (Phi) is 4.39. The maximum Gasteiger partial charge on any atom is 0.227 e. The molecule has 0 aromatic heterocycles. The van der Waals surface area contributed by atoms with Gasteiger partial charge in [0, 0.05) is 12.2 Å². The van der Waals surface area contributed by atoms with Gasteiger partial charge in [-0.2, -0.15) is 0 Å². The maximum atomic E-state index is 13.7. The summed E-state index contributed by atoms with van der Waals surface area (Å²) in [5.74, 6) is -1.08. The second kappa shape index (κ2) is 5.88. The van der Waals surface area contributed by atoms with Gasteiger partial charge in [0.1, 0.15) is 5.82 Å². The van der Waals surface area contributed by atoms with Crippen LogP contribution in [0.4, 0.5) is 10.1 Å². The summed E-state index contributed by atoms with van der Waals surface area (Å²) in [7, 11) is -3.43. The first-order valence-corrected chi connectivity index (χ1v) is 8.28. The molecule has 0 saturated carbocycles. The first-order chi connectivity index (χ1) is 9.38. The van der Waals surface area contributed by atoms with E-state index in [1.165, 1.54) is 6.07 Å². The van der Waals surface area contributed by atoms with Crippen molar-refractivity contribution in [3.8, 4) is 0 Å². The molecule has 0 aliphatic carbocycles. The number of nitrogens with one attached hydrogen (secondary N) is 2. The lowest BCUT2D eigenvalue weighted by Gasteiger charge is -2.22. The number of halogens is 1. The number of amides is 1. The van der Waals surface area contributed by atoms with E-state index in [0.29, 0.717) is 12.8 Å². The summed E-state index contributed by atoms with van der Waals surface area (Å²) in [5, 5.41) is 5.63. The van der Waals surface area contributed by atoms with Crippen molar-refractivity contribution >= 4 is 21.4 Å². The van der Waals surface area contributed by atoms with E-state index in [9.17, 15) is 17.6 Å². The van der Waals surface area contributed by atoms with Gasteiger partial charge in [-0.25, -0.2) is 12.8 Å². The summed E-state index contributed by atoms with van der Waals surface area (Å²) >= 11 is 0. The highest BCUT2D eigenvalue weighted by Gasteiger charge is 2.22. The van der Waals surface area contributed by atoms with E-state index in [4.69, 9.17) is 0 Å². The summed E-state index contributed by atoms with van der Waals surface area (Å²) in [5.41, 5.74) is -0.0866. The summed E-state index contributed by atoms with van der Waals surface area (Å²) in [4.78, 5) is 12.0. The molecule has 1 saturated heterocycles. The molecule has 0 radical (unpaired) electrons. The van der Waals surface area contributed by atoms with Crippen LogP contribution in [0.2, 0.25) is 0 Å². The van der Waals surface area contributed by atoms with Crippen LogP contribution in [0.25, 0.3) is 0 Å². The van der Waals surface area contributed by atoms with Gasteiger partial charge in [0.15, 0.2) is 9.84 Å². The van der Waals surface area contributed by atoms with Crippen molar-refractivity contribution in [2.75, 3.05) is 24.7 Å². The smallest absolute Gasteiger partial charge is 0.227 e. The van der Waals surface area contributed by atoms with Crippen LogP contribution >= 0.6 is 0 Å². The molecule has 110 valence electrons. The second-order valence-electron chi connectivity index (χ2n) is 4.93. The van der Waals surface area contributed by atoms with E-state index in [-0.39, 0.29) is 22.4 Å². The average Bonchev–Trinajstić information content (AvgIpc) is 2.41. The highest BCUT2D eigenvalue weighted by molar-refractivity contribution is 7.90. The van der Waals surface area contributed by atoms with Crippen LogP contribution in [-0.2, 0) is 14.6 Å². The lowest BCUT2D eigenvalue weighted by Crippen LogP contribution is -2.34. The van der Waals surface area contributed by atoms with Gasteiger partial charge >= 0.3 is 0 Å². The van der Waals surface area contributed by atoms with Crippen molar-refractivity contribution in [2.24, 2.45) is 5.92 Å². The number of rotatable bonds is 3. The summed E-state index contributed by atoms with van der Waals surface area (Å²) < 4.78 is 36.5. The molecule has 2 rings (SSSR count). The molecule has 1 fully saturated rings. The lowest BCUT2D eigenvalue weighted by molar-refractivity contribution is -0.120. The van der Waals surface area contributed by atoms with Gasteiger partial charge in [-0.3, -0.25) is 4.79 Å². The van der Waals surface area contributed by atoms with Crippen LogP contribution in [0.1, 0.15) is 12.8 Å². The summed E-state index contributed by atoms with van der Waals surface area (Å²) in [6.45, 7) is 1.51. The predicted octanol–water partition coefficient (Wildman–Crippen LogP) is 1.17. The molecule has 1 heterocycles. The highest BCUT2D eigenvalue weighted by Crippen LogP contribution is 2.21. The number of hydrogen-bond donors (Lipinski definition) is 2. The van der Waals surface area contributed by atoms with Crippen LogP contribution in [0.15, 0.2) is 23.1 Å². The van der Waals surface area contributed by atoms with Gasteiger partial charge in [0.2, 0.25) is 5.91 Å². The van der Waals surface area contributed by atoms with Gasteiger partial charge in [-0.15, -0.1) is 0 Å². The van der Waals surface area contributed by atoms with Crippen molar-refractivity contribution in [1.82, 2.24) is 5.32 Å². The minimum Gasteiger partial charge on any atom is -0.323 e. The third-order valence-corrected chi connectivity index (χ3v) is 4.44. The van der Waals surface area contributed by atoms with Crippen LogP contribution in [0, 0.1) is 11.7 Å². The molecule has 2 N–H and O–H groups in total. The molecule has 1 aromatic carbocycles. The van der Waals surface area contributed by atoms with Crippen molar-refractivity contribution in [3.05, 3.63) is 24.0 Å². The van der Waals surface area contributed by atoms with Crippen molar-refractivity contribution in [2.45, 2.75) is 17.7 Å². The summed E-state index contributed by atoms with van der Waals surface area (Å²) in [6, 6.07) is 3.39. The monoisotopic (exact) mass is 300 g/mol. The fourth-order valence-corrected chi connectivity index (χ4v) is 2.80. The Hall–Kier alpha value is -1.47. The number of carbonyl (C=O) groups is 1. The quantitative estimate of drug-likeness (QED) is 0.822. The lowest BCUT2D eigenvalue weighted by atomic mass is 9.97. The topological polar surface area (TPSA) is 75.3 Å². The molecule has 1 aliphatic heterocycles. The molecule has 1 aromatic rings. The Balaban J connectivity index is 2.18. The third-order valence-electron chi connectivity index (χ3n) is 3.33. The number of sulfone groups is 1. The second-order valence-corrected chi connectivity index (χ2v) is 6.94. The van der Waals surface area contributed by atoms with Crippen molar-refractivity contribution < 1.29 is 17.6 Å². The Morgan fingerprint density at radius 2 is 2.00 bits per heavy atom. The van der Waals surface area contributed by atoms with E-state index in [0.717, 1.165) is 31.5 Å². The molecule has 1 amide bonds. The van der Waals surface area contributed by atoms with E-state index in [1.807, 2.05) is 0 Å². The normalized spacial score (nSPS) is 16.9. The van der Waals surface area contributed by atoms with Crippen LogP contribution in [0.3, 0.4) is 0 Å². The molecule has 20 heavy (non-hydrogen) atoms. The first kappa shape index (κ1) is 14.9. The Bertz CT molecular complexity index is 610. The predicted molar refractivity (Wildman–Crippen MR) is 73.7 cm³/mol. The van der Waals surface area contributed by atoms with Crippen LogP contribution in [-0.4, -0.2) is 33.7 Å². The van der Waals surface area contributed by atoms with Crippen molar-refractivity contribution in [3.63, 3.8) is 0 Å². The number of hydrogen-bond acceptors (Lipinski definition) is 4. The fraction of sp³-hybridized carbons (Fsp3) is 0.462. The van der Waals surface area contributed by atoms with E-state index in [2.05, 4.69) is 10.6 Å². The third kappa shape index (κ3) is 3.55. The van der Waals surface area contributed by atoms with Gasteiger partial charge in [-0.05, 0) is 44.1 Å². The highest BCUT2D eigenvalue weighted by atomic mass is 32.2. The minimum absolute atomic E-state index is 0.0143. The molecule has 0 spiro atoms.